The van der Waals surface area contributed by atoms with Gasteiger partial charge < -0.3 is 9.30 Å². The Hall–Kier alpha value is -2.12. The van der Waals surface area contributed by atoms with Crippen molar-refractivity contribution in [1.29, 1.82) is 0 Å². The molecule has 0 aliphatic carbocycles. The standard InChI is InChI=1S/C17H20N2O4S/c20-17-9-8-16(24(21,22)19-10-4-5-11-19)14-18(17)12-13-23-15-6-2-1-3-7-15/h1-3,6-9,14H,4-5,10-13H2. The molecule has 1 aromatic carbocycles. The van der Waals surface area contributed by atoms with Gasteiger partial charge in [0.05, 0.1) is 11.4 Å². The van der Waals surface area contributed by atoms with Gasteiger partial charge in [0.25, 0.3) is 5.56 Å². The van der Waals surface area contributed by atoms with E-state index in [2.05, 4.69) is 0 Å². The molecule has 3 rings (SSSR count). The number of benzene rings is 1. The number of nitrogens with zero attached hydrogens (tertiary/aromatic N) is 2. The van der Waals surface area contributed by atoms with Gasteiger partial charge in [-0.25, -0.2) is 8.42 Å². The Morgan fingerprint density at radius 2 is 1.71 bits per heavy atom. The van der Waals surface area contributed by atoms with E-state index in [0.717, 1.165) is 12.8 Å². The molecule has 1 aliphatic heterocycles. The fraction of sp³-hybridized carbons (Fsp3) is 0.353. The van der Waals surface area contributed by atoms with Crippen molar-refractivity contribution in [3.05, 3.63) is 59.0 Å². The predicted octanol–water partition coefficient (Wildman–Crippen LogP) is 1.71. The van der Waals surface area contributed by atoms with Gasteiger partial charge in [-0.1, -0.05) is 18.2 Å². The van der Waals surface area contributed by atoms with Gasteiger partial charge in [-0.3, -0.25) is 4.79 Å². The summed E-state index contributed by atoms with van der Waals surface area (Å²) in [5.74, 6) is 0.714. The monoisotopic (exact) mass is 348 g/mol. The van der Waals surface area contributed by atoms with Crippen molar-refractivity contribution in [3.8, 4) is 5.75 Å². The third-order valence-corrected chi connectivity index (χ3v) is 5.89. The van der Waals surface area contributed by atoms with Crippen molar-refractivity contribution in [2.45, 2.75) is 24.3 Å². The Kier molecular flexibility index (Phi) is 5.01. The molecule has 7 heteroatoms. The van der Waals surface area contributed by atoms with Gasteiger partial charge in [-0.05, 0) is 31.0 Å². The van der Waals surface area contributed by atoms with E-state index in [1.54, 1.807) is 0 Å². The lowest BCUT2D eigenvalue weighted by Crippen LogP contribution is -2.30. The first-order valence-corrected chi connectivity index (χ1v) is 9.40. The van der Waals surface area contributed by atoms with E-state index in [4.69, 9.17) is 4.74 Å². The van der Waals surface area contributed by atoms with Crippen LogP contribution in [0.3, 0.4) is 0 Å². The Morgan fingerprint density at radius 3 is 2.42 bits per heavy atom. The van der Waals surface area contributed by atoms with Crippen molar-refractivity contribution < 1.29 is 13.2 Å². The molecule has 0 unspecified atom stereocenters. The fourth-order valence-corrected chi connectivity index (χ4v) is 4.23. The topological polar surface area (TPSA) is 68.6 Å². The first-order valence-electron chi connectivity index (χ1n) is 7.96. The zero-order valence-electron chi connectivity index (χ0n) is 13.3. The second-order valence-corrected chi connectivity index (χ2v) is 7.61. The number of para-hydroxylation sites is 1. The van der Waals surface area contributed by atoms with Crippen LogP contribution in [0, 0.1) is 0 Å². The molecule has 0 atom stereocenters. The van der Waals surface area contributed by atoms with Crippen molar-refractivity contribution in [1.82, 2.24) is 8.87 Å². The number of hydrogen-bond donors (Lipinski definition) is 0. The fourth-order valence-electron chi connectivity index (χ4n) is 2.69. The van der Waals surface area contributed by atoms with Crippen LogP contribution in [-0.4, -0.2) is 37.0 Å². The summed E-state index contributed by atoms with van der Waals surface area (Å²) in [6.45, 7) is 1.66. The first-order chi connectivity index (χ1) is 11.6. The van der Waals surface area contributed by atoms with Crippen LogP contribution >= 0.6 is 0 Å². The van der Waals surface area contributed by atoms with E-state index in [1.165, 1.54) is 27.2 Å². The minimum absolute atomic E-state index is 0.156. The first kappa shape index (κ1) is 16.7. The average Bonchev–Trinajstić information content (AvgIpc) is 3.13. The van der Waals surface area contributed by atoms with Crippen LogP contribution in [0.1, 0.15) is 12.8 Å². The second-order valence-electron chi connectivity index (χ2n) is 5.67. The third-order valence-electron chi connectivity index (χ3n) is 4.00. The molecule has 1 saturated heterocycles. The zero-order chi connectivity index (χ0) is 17.0. The van der Waals surface area contributed by atoms with Crippen molar-refractivity contribution in [3.63, 3.8) is 0 Å². The predicted molar refractivity (Wildman–Crippen MR) is 90.6 cm³/mol. The highest BCUT2D eigenvalue weighted by atomic mass is 32.2. The summed E-state index contributed by atoms with van der Waals surface area (Å²) < 4.78 is 33.6. The van der Waals surface area contributed by atoms with Crippen molar-refractivity contribution in [2.75, 3.05) is 19.7 Å². The summed E-state index contributed by atoms with van der Waals surface area (Å²) in [4.78, 5) is 12.1. The Balaban J connectivity index is 1.73. The van der Waals surface area contributed by atoms with E-state index in [1.807, 2.05) is 30.3 Å². The van der Waals surface area contributed by atoms with Gasteiger partial charge in [-0.2, -0.15) is 4.31 Å². The number of aromatic nitrogens is 1. The van der Waals surface area contributed by atoms with Gasteiger partial charge in [0.15, 0.2) is 0 Å². The molecule has 1 aliphatic rings. The van der Waals surface area contributed by atoms with Crippen LogP contribution in [0.4, 0.5) is 0 Å². The number of sulfonamides is 1. The average molecular weight is 348 g/mol. The van der Waals surface area contributed by atoms with Crippen LogP contribution in [0.25, 0.3) is 0 Å². The van der Waals surface area contributed by atoms with Crippen LogP contribution < -0.4 is 10.3 Å². The van der Waals surface area contributed by atoms with Crippen LogP contribution in [0.5, 0.6) is 5.75 Å². The molecule has 0 amide bonds. The number of ether oxygens (including phenoxy) is 1. The van der Waals surface area contributed by atoms with Gasteiger partial charge in [-0.15, -0.1) is 0 Å². The van der Waals surface area contributed by atoms with Crippen molar-refractivity contribution in [2.24, 2.45) is 0 Å². The van der Waals surface area contributed by atoms with E-state index in [-0.39, 0.29) is 23.6 Å². The minimum atomic E-state index is -3.52. The van der Waals surface area contributed by atoms with E-state index in [0.29, 0.717) is 18.8 Å². The van der Waals surface area contributed by atoms with Gasteiger partial charge in [0.1, 0.15) is 12.4 Å². The number of hydrogen-bond acceptors (Lipinski definition) is 4. The Morgan fingerprint density at radius 1 is 1.00 bits per heavy atom. The van der Waals surface area contributed by atoms with E-state index >= 15 is 0 Å². The molecule has 6 nitrogen and oxygen atoms in total. The Bertz CT molecular complexity index is 840. The molecule has 24 heavy (non-hydrogen) atoms. The molecule has 128 valence electrons. The van der Waals surface area contributed by atoms with Crippen LogP contribution in [0.2, 0.25) is 0 Å². The molecular formula is C17H20N2O4S. The Labute approximate surface area is 141 Å². The molecule has 1 aromatic heterocycles. The minimum Gasteiger partial charge on any atom is -0.492 e. The maximum atomic E-state index is 12.6. The van der Waals surface area contributed by atoms with Crippen molar-refractivity contribution >= 4 is 10.0 Å². The summed E-state index contributed by atoms with van der Waals surface area (Å²) in [6.07, 6.45) is 3.16. The molecule has 2 aromatic rings. The highest BCUT2D eigenvalue weighted by Crippen LogP contribution is 2.19. The summed E-state index contributed by atoms with van der Waals surface area (Å²) >= 11 is 0. The van der Waals surface area contributed by atoms with Gasteiger partial charge in [0, 0.05) is 25.4 Å². The molecule has 0 bridgehead atoms. The molecule has 0 radical (unpaired) electrons. The smallest absolute Gasteiger partial charge is 0.250 e. The lowest BCUT2D eigenvalue weighted by molar-refractivity contribution is 0.296. The summed E-state index contributed by atoms with van der Waals surface area (Å²) in [5.41, 5.74) is -0.243. The lowest BCUT2D eigenvalue weighted by atomic mass is 10.3. The highest BCUT2D eigenvalue weighted by molar-refractivity contribution is 7.89. The van der Waals surface area contributed by atoms with Gasteiger partial charge >= 0.3 is 0 Å². The number of pyridine rings is 1. The SMILES string of the molecule is O=c1ccc(S(=O)(=O)N2CCCC2)cn1CCOc1ccccc1. The molecular weight excluding hydrogens is 328 g/mol. The summed E-state index contributed by atoms with van der Waals surface area (Å²) in [7, 11) is -3.52. The molecule has 2 heterocycles. The van der Waals surface area contributed by atoms with E-state index in [9.17, 15) is 13.2 Å². The van der Waals surface area contributed by atoms with Crippen LogP contribution in [0.15, 0.2) is 58.4 Å². The van der Waals surface area contributed by atoms with Crippen LogP contribution in [-0.2, 0) is 16.6 Å². The lowest BCUT2D eigenvalue weighted by Gasteiger charge is -2.16. The normalized spacial score (nSPS) is 15.5. The quantitative estimate of drug-likeness (QED) is 0.797. The van der Waals surface area contributed by atoms with E-state index < -0.39 is 10.0 Å². The maximum Gasteiger partial charge on any atom is 0.250 e. The molecule has 1 fully saturated rings. The van der Waals surface area contributed by atoms with Gasteiger partial charge in [0.2, 0.25) is 10.0 Å². The largest absolute Gasteiger partial charge is 0.492 e. The highest BCUT2D eigenvalue weighted by Gasteiger charge is 2.27. The molecule has 0 spiro atoms. The second kappa shape index (κ2) is 7.19. The molecule has 0 saturated carbocycles. The summed E-state index contributed by atoms with van der Waals surface area (Å²) in [5, 5.41) is 0. The maximum absolute atomic E-state index is 12.6. The third kappa shape index (κ3) is 3.68. The summed E-state index contributed by atoms with van der Waals surface area (Å²) in [6, 6.07) is 12.0. The molecule has 0 N–H and O–H groups in total. The zero-order valence-corrected chi connectivity index (χ0v) is 14.1. The number of rotatable bonds is 6.